The highest BCUT2D eigenvalue weighted by atomic mass is 16.4. The van der Waals surface area contributed by atoms with Gasteiger partial charge in [-0.05, 0) is 37.1 Å². The normalized spacial score (nSPS) is 17.0. The monoisotopic (exact) mass is 303 g/mol. The van der Waals surface area contributed by atoms with Gasteiger partial charge in [0.05, 0.1) is 5.92 Å². The first-order valence-corrected chi connectivity index (χ1v) is 7.54. The van der Waals surface area contributed by atoms with Crippen LogP contribution < -0.4 is 4.90 Å². The number of carbonyl (C=O) groups excluding carboxylic acids is 2. The van der Waals surface area contributed by atoms with Gasteiger partial charge < -0.3 is 10.0 Å². The molecule has 0 saturated heterocycles. The lowest BCUT2D eigenvalue weighted by atomic mass is 9.95. The number of hydrogen-bond donors (Lipinski definition) is 1. The van der Waals surface area contributed by atoms with Gasteiger partial charge >= 0.3 is 5.97 Å². The first-order valence-electron chi connectivity index (χ1n) is 7.54. The summed E-state index contributed by atoms with van der Waals surface area (Å²) in [7, 11) is 0. The number of carbonyl (C=O) groups is 3. The van der Waals surface area contributed by atoms with Crippen LogP contribution in [-0.4, -0.2) is 29.3 Å². The number of Topliss-reactive ketones (excluding diaryl/α,β-unsaturated/α-hetero) is 1. The fourth-order valence-corrected chi connectivity index (χ4v) is 2.74. The zero-order valence-corrected chi connectivity index (χ0v) is 13.1. The fourth-order valence-electron chi connectivity index (χ4n) is 2.74. The molecule has 1 heterocycles. The summed E-state index contributed by atoms with van der Waals surface area (Å²) in [6.07, 6.45) is 0.456. The van der Waals surface area contributed by atoms with Gasteiger partial charge in [-0.15, -0.1) is 0 Å². The summed E-state index contributed by atoms with van der Waals surface area (Å²) in [4.78, 5) is 36.7. The van der Waals surface area contributed by atoms with E-state index in [-0.39, 0.29) is 29.9 Å². The van der Waals surface area contributed by atoms with E-state index in [4.69, 9.17) is 5.11 Å². The predicted octanol–water partition coefficient (Wildman–Crippen LogP) is 2.84. The highest BCUT2D eigenvalue weighted by Gasteiger charge is 2.34. The second-order valence-corrected chi connectivity index (χ2v) is 6.00. The maximum Gasteiger partial charge on any atom is 0.303 e. The van der Waals surface area contributed by atoms with Crippen LogP contribution in [0.15, 0.2) is 18.2 Å². The Balaban J connectivity index is 2.25. The second kappa shape index (κ2) is 6.30. The summed E-state index contributed by atoms with van der Waals surface area (Å²) in [6, 6.07) is 5.35. The Labute approximate surface area is 129 Å². The van der Waals surface area contributed by atoms with Crippen LogP contribution in [0.25, 0.3) is 0 Å². The van der Waals surface area contributed by atoms with E-state index in [0.717, 1.165) is 11.3 Å². The van der Waals surface area contributed by atoms with E-state index >= 15 is 0 Å². The highest BCUT2D eigenvalue weighted by Crippen LogP contribution is 2.38. The molecule has 5 nitrogen and oxygen atoms in total. The summed E-state index contributed by atoms with van der Waals surface area (Å²) in [5, 5.41) is 8.71. The number of rotatable bonds is 6. The van der Waals surface area contributed by atoms with Crippen LogP contribution in [0.3, 0.4) is 0 Å². The van der Waals surface area contributed by atoms with Gasteiger partial charge in [0.2, 0.25) is 5.91 Å². The summed E-state index contributed by atoms with van der Waals surface area (Å²) >= 11 is 0. The van der Waals surface area contributed by atoms with Crippen molar-refractivity contribution in [1.29, 1.82) is 0 Å². The van der Waals surface area contributed by atoms with Crippen LogP contribution in [0.2, 0.25) is 0 Å². The van der Waals surface area contributed by atoms with E-state index in [1.54, 1.807) is 23.1 Å². The Kier molecular flexibility index (Phi) is 4.64. The lowest BCUT2D eigenvalue weighted by Crippen LogP contribution is -2.29. The van der Waals surface area contributed by atoms with E-state index in [0.29, 0.717) is 18.5 Å². The Morgan fingerprint density at radius 3 is 2.59 bits per heavy atom. The van der Waals surface area contributed by atoms with E-state index in [1.165, 1.54) is 0 Å². The number of aliphatic carboxylic acids is 1. The van der Waals surface area contributed by atoms with E-state index in [9.17, 15) is 14.4 Å². The third-order valence-corrected chi connectivity index (χ3v) is 4.00. The van der Waals surface area contributed by atoms with Crippen LogP contribution in [0.1, 0.15) is 55.5 Å². The summed E-state index contributed by atoms with van der Waals surface area (Å²) in [6.45, 7) is 5.91. The molecule has 22 heavy (non-hydrogen) atoms. The molecule has 2 rings (SSSR count). The smallest absolute Gasteiger partial charge is 0.303 e. The predicted molar refractivity (Wildman–Crippen MR) is 83.2 cm³/mol. The summed E-state index contributed by atoms with van der Waals surface area (Å²) in [5.74, 6) is -1.21. The third-order valence-electron chi connectivity index (χ3n) is 4.00. The van der Waals surface area contributed by atoms with Gasteiger partial charge in [0, 0.05) is 30.1 Å². The molecule has 0 saturated carbocycles. The number of ketones is 1. The van der Waals surface area contributed by atoms with Crippen LogP contribution >= 0.6 is 0 Å². The molecule has 0 aliphatic carbocycles. The molecule has 0 spiro atoms. The number of benzene rings is 1. The molecule has 1 aromatic rings. The molecule has 1 aliphatic rings. The topological polar surface area (TPSA) is 74.7 Å². The number of carboxylic acid groups (broad SMARTS) is 1. The molecule has 5 heteroatoms. The molecule has 0 fully saturated rings. The van der Waals surface area contributed by atoms with Gasteiger partial charge in [-0.25, -0.2) is 0 Å². The average Bonchev–Trinajstić information content (AvgIpc) is 2.70. The number of hydrogen-bond acceptors (Lipinski definition) is 3. The van der Waals surface area contributed by atoms with Crippen molar-refractivity contribution in [3.63, 3.8) is 0 Å². The van der Waals surface area contributed by atoms with Gasteiger partial charge in [-0.3, -0.25) is 14.4 Å². The minimum absolute atomic E-state index is 0.0328. The molecule has 0 radical (unpaired) electrons. The lowest BCUT2D eigenvalue weighted by molar-refractivity contribution is -0.137. The number of anilines is 1. The second-order valence-electron chi connectivity index (χ2n) is 6.00. The van der Waals surface area contributed by atoms with Crippen molar-refractivity contribution in [2.75, 3.05) is 11.4 Å². The molecule has 1 unspecified atom stereocenters. The fraction of sp³-hybridized carbons (Fsp3) is 0.471. The molecule has 1 N–H and O–H groups in total. The van der Waals surface area contributed by atoms with E-state index < -0.39 is 5.97 Å². The van der Waals surface area contributed by atoms with Crippen molar-refractivity contribution in [2.45, 2.75) is 39.5 Å². The van der Waals surface area contributed by atoms with Crippen molar-refractivity contribution in [3.8, 4) is 0 Å². The molecule has 118 valence electrons. The molecular formula is C17H21NO4. The third kappa shape index (κ3) is 3.03. The van der Waals surface area contributed by atoms with Crippen LogP contribution in [0.5, 0.6) is 0 Å². The van der Waals surface area contributed by atoms with Crippen LogP contribution in [-0.2, 0) is 9.59 Å². The Bertz CT molecular complexity index is 621. The SMILES string of the molecule is CC(C)C(=O)c1ccc2c(c1)C(C)C(=O)N2CCCC(=O)O. The Morgan fingerprint density at radius 1 is 1.32 bits per heavy atom. The molecule has 0 aromatic heterocycles. The van der Waals surface area contributed by atoms with Gasteiger partial charge in [-0.2, -0.15) is 0 Å². The highest BCUT2D eigenvalue weighted by molar-refractivity contribution is 6.06. The number of carboxylic acids is 1. The van der Waals surface area contributed by atoms with Gasteiger partial charge in [0.15, 0.2) is 5.78 Å². The molecule has 1 aromatic carbocycles. The first-order chi connectivity index (χ1) is 10.3. The van der Waals surface area contributed by atoms with Crippen LogP contribution in [0.4, 0.5) is 5.69 Å². The van der Waals surface area contributed by atoms with E-state index in [1.807, 2.05) is 20.8 Å². The van der Waals surface area contributed by atoms with Crippen LogP contribution in [0, 0.1) is 5.92 Å². The lowest BCUT2D eigenvalue weighted by Gasteiger charge is -2.17. The zero-order valence-electron chi connectivity index (χ0n) is 13.1. The Morgan fingerprint density at radius 2 is 2.00 bits per heavy atom. The number of fused-ring (bicyclic) bond motifs is 1. The van der Waals surface area contributed by atoms with Crippen molar-refractivity contribution < 1.29 is 19.5 Å². The molecule has 1 aliphatic heterocycles. The number of amides is 1. The van der Waals surface area contributed by atoms with Gasteiger partial charge in [-0.1, -0.05) is 13.8 Å². The maximum atomic E-state index is 12.3. The van der Waals surface area contributed by atoms with Crippen molar-refractivity contribution in [1.82, 2.24) is 0 Å². The Hall–Kier alpha value is -2.17. The van der Waals surface area contributed by atoms with Crippen molar-refractivity contribution in [2.24, 2.45) is 5.92 Å². The van der Waals surface area contributed by atoms with Gasteiger partial charge in [0.25, 0.3) is 0 Å². The molecular weight excluding hydrogens is 282 g/mol. The zero-order chi connectivity index (χ0) is 16.4. The average molecular weight is 303 g/mol. The largest absolute Gasteiger partial charge is 0.481 e. The summed E-state index contributed by atoms with van der Waals surface area (Å²) in [5.41, 5.74) is 2.27. The maximum absolute atomic E-state index is 12.3. The first kappa shape index (κ1) is 16.2. The van der Waals surface area contributed by atoms with Gasteiger partial charge in [0.1, 0.15) is 0 Å². The van der Waals surface area contributed by atoms with E-state index in [2.05, 4.69) is 0 Å². The quantitative estimate of drug-likeness (QED) is 0.820. The minimum atomic E-state index is -0.863. The summed E-state index contributed by atoms with van der Waals surface area (Å²) < 4.78 is 0. The minimum Gasteiger partial charge on any atom is -0.481 e. The molecule has 1 atom stereocenters. The van der Waals surface area contributed by atoms with Crippen molar-refractivity contribution in [3.05, 3.63) is 29.3 Å². The standard InChI is InChI=1S/C17H21NO4/c1-10(2)16(21)12-6-7-14-13(9-12)11(3)17(22)18(14)8-4-5-15(19)20/h6-7,9-11H,4-5,8H2,1-3H3,(H,19,20). The molecule has 1 amide bonds. The number of nitrogens with zero attached hydrogens (tertiary/aromatic N) is 1. The van der Waals surface area contributed by atoms with Crippen molar-refractivity contribution >= 4 is 23.3 Å². The molecule has 0 bridgehead atoms.